The van der Waals surface area contributed by atoms with E-state index in [0.717, 1.165) is 37.4 Å². The van der Waals surface area contributed by atoms with Gasteiger partial charge in [0, 0.05) is 25.8 Å². The Morgan fingerprint density at radius 2 is 2.04 bits per heavy atom. The zero-order valence-corrected chi connectivity index (χ0v) is 14.7. The highest BCUT2D eigenvalue weighted by molar-refractivity contribution is 5.94. The minimum absolute atomic E-state index is 0. The predicted octanol–water partition coefficient (Wildman–Crippen LogP) is 2.21. The van der Waals surface area contributed by atoms with E-state index in [0.29, 0.717) is 19.1 Å². The van der Waals surface area contributed by atoms with Crippen molar-refractivity contribution >= 4 is 18.3 Å². The van der Waals surface area contributed by atoms with Crippen molar-refractivity contribution in [1.82, 2.24) is 10.2 Å². The second-order valence-corrected chi connectivity index (χ2v) is 5.68. The van der Waals surface area contributed by atoms with Crippen molar-refractivity contribution in [2.75, 3.05) is 47.0 Å². The number of halogens is 1. The monoisotopic (exact) mass is 342 g/mol. The molecule has 1 aliphatic heterocycles. The van der Waals surface area contributed by atoms with Crippen molar-refractivity contribution in [2.24, 2.45) is 5.92 Å². The van der Waals surface area contributed by atoms with Crippen LogP contribution in [0, 0.1) is 5.92 Å². The van der Waals surface area contributed by atoms with Gasteiger partial charge in [0.2, 0.25) is 0 Å². The van der Waals surface area contributed by atoms with Gasteiger partial charge in [-0.05, 0) is 56.6 Å². The van der Waals surface area contributed by atoms with Gasteiger partial charge in [-0.1, -0.05) is 0 Å². The first kappa shape index (κ1) is 19.7. The Kier molecular flexibility index (Phi) is 8.99. The molecule has 5 nitrogen and oxygen atoms in total. The molecule has 0 saturated carbocycles. The molecule has 23 heavy (non-hydrogen) atoms. The van der Waals surface area contributed by atoms with Gasteiger partial charge in [0.25, 0.3) is 5.91 Å². The van der Waals surface area contributed by atoms with Gasteiger partial charge in [0.05, 0.1) is 6.61 Å². The molecule has 0 aliphatic carbocycles. The molecular weight excluding hydrogens is 316 g/mol. The van der Waals surface area contributed by atoms with Gasteiger partial charge < -0.3 is 19.7 Å². The largest absolute Gasteiger partial charge is 0.491 e. The number of hydrogen-bond acceptors (Lipinski definition) is 4. The molecule has 130 valence electrons. The molecule has 0 bridgehead atoms. The normalized spacial score (nSPS) is 17.5. The molecule has 1 aromatic rings. The molecule has 1 heterocycles. The number of piperidine rings is 1. The van der Waals surface area contributed by atoms with Gasteiger partial charge in [-0.2, -0.15) is 0 Å². The Bertz CT molecular complexity index is 465. The van der Waals surface area contributed by atoms with E-state index in [1.165, 1.54) is 6.42 Å². The SMILES string of the molecule is CNCC1CCCN(C(=O)c2ccc(OCCOC)cc2)C1.Cl. The van der Waals surface area contributed by atoms with Crippen LogP contribution in [0.15, 0.2) is 24.3 Å². The fourth-order valence-corrected chi connectivity index (χ4v) is 2.82. The van der Waals surface area contributed by atoms with Gasteiger partial charge in [0.1, 0.15) is 12.4 Å². The number of methoxy groups -OCH3 is 1. The minimum atomic E-state index is 0. The Labute approximate surface area is 144 Å². The lowest BCUT2D eigenvalue weighted by molar-refractivity contribution is 0.0674. The minimum Gasteiger partial charge on any atom is -0.491 e. The fraction of sp³-hybridized carbons (Fsp3) is 0.588. The van der Waals surface area contributed by atoms with Crippen molar-refractivity contribution in [1.29, 1.82) is 0 Å². The summed E-state index contributed by atoms with van der Waals surface area (Å²) in [5.74, 6) is 1.43. The Morgan fingerprint density at radius 3 is 2.70 bits per heavy atom. The van der Waals surface area contributed by atoms with Crippen LogP contribution in [0.5, 0.6) is 5.75 Å². The average Bonchev–Trinajstić information content (AvgIpc) is 2.56. The predicted molar refractivity (Wildman–Crippen MR) is 93.6 cm³/mol. The maximum atomic E-state index is 12.6. The van der Waals surface area contributed by atoms with E-state index >= 15 is 0 Å². The van der Waals surface area contributed by atoms with Crippen molar-refractivity contribution in [3.05, 3.63) is 29.8 Å². The van der Waals surface area contributed by atoms with Crippen LogP contribution < -0.4 is 10.1 Å². The molecule has 1 atom stereocenters. The van der Waals surface area contributed by atoms with Crippen molar-refractivity contribution in [2.45, 2.75) is 12.8 Å². The number of nitrogens with zero attached hydrogens (tertiary/aromatic N) is 1. The van der Waals surface area contributed by atoms with Gasteiger partial charge >= 0.3 is 0 Å². The highest BCUT2D eigenvalue weighted by Gasteiger charge is 2.23. The van der Waals surface area contributed by atoms with Gasteiger partial charge in [-0.15, -0.1) is 12.4 Å². The molecule has 1 unspecified atom stereocenters. The third kappa shape index (κ3) is 6.01. The molecule has 1 saturated heterocycles. The number of rotatable bonds is 7. The second kappa shape index (κ2) is 10.5. The number of hydrogen-bond donors (Lipinski definition) is 1. The summed E-state index contributed by atoms with van der Waals surface area (Å²) < 4.78 is 10.5. The summed E-state index contributed by atoms with van der Waals surface area (Å²) >= 11 is 0. The first-order valence-electron chi connectivity index (χ1n) is 7.90. The molecular formula is C17H27ClN2O3. The Morgan fingerprint density at radius 1 is 1.30 bits per heavy atom. The second-order valence-electron chi connectivity index (χ2n) is 5.68. The summed E-state index contributed by atoms with van der Waals surface area (Å²) in [7, 11) is 3.61. The van der Waals surface area contributed by atoms with E-state index in [1.54, 1.807) is 7.11 Å². The third-order valence-corrected chi connectivity index (χ3v) is 3.96. The highest BCUT2D eigenvalue weighted by atomic mass is 35.5. The zero-order chi connectivity index (χ0) is 15.8. The molecule has 0 radical (unpaired) electrons. The van der Waals surface area contributed by atoms with E-state index in [4.69, 9.17) is 9.47 Å². The number of likely N-dealkylation sites (tertiary alicyclic amines) is 1. The lowest BCUT2D eigenvalue weighted by atomic mass is 9.97. The van der Waals surface area contributed by atoms with Crippen LogP contribution >= 0.6 is 12.4 Å². The molecule has 0 aromatic heterocycles. The summed E-state index contributed by atoms with van der Waals surface area (Å²) in [6, 6.07) is 7.37. The summed E-state index contributed by atoms with van der Waals surface area (Å²) in [6.07, 6.45) is 2.27. The number of carbonyl (C=O) groups excluding carboxylic acids is 1. The number of benzene rings is 1. The lowest BCUT2D eigenvalue weighted by Crippen LogP contribution is -2.42. The molecule has 1 N–H and O–H groups in total. The van der Waals surface area contributed by atoms with Crippen LogP contribution in [0.2, 0.25) is 0 Å². The highest BCUT2D eigenvalue weighted by Crippen LogP contribution is 2.19. The number of nitrogens with one attached hydrogen (secondary N) is 1. The maximum Gasteiger partial charge on any atom is 0.253 e. The Balaban J connectivity index is 0.00000264. The average molecular weight is 343 g/mol. The molecule has 1 aromatic carbocycles. The first-order chi connectivity index (χ1) is 10.7. The number of amides is 1. The zero-order valence-electron chi connectivity index (χ0n) is 13.9. The molecule has 0 spiro atoms. The van der Waals surface area contributed by atoms with Crippen LogP contribution in [-0.4, -0.2) is 57.8 Å². The smallest absolute Gasteiger partial charge is 0.253 e. The van der Waals surface area contributed by atoms with E-state index in [2.05, 4.69) is 5.32 Å². The van der Waals surface area contributed by atoms with Crippen molar-refractivity contribution < 1.29 is 14.3 Å². The lowest BCUT2D eigenvalue weighted by Gasteiger charge is -2.32. The molecule has 1 amide bonds. The van der Waals surface area contributed by atoms with E-state index in [-0.39, 0.29) is 18.3 Å². The molecule has 1 fully saturated rings. The summed E-state index contributed by atoms with van der Waals surface area (Å²) in [5, 5.41) is 3.20. The van der Waals surface area contributed by atoms with E-state index < -0.39 is 0 Å². The quantitative estimate of drug-likeness (QED) is 0.772. The number of ether oxygens (including phenoxy) is 2. The van der Waals surface area contributed by atoms with Crippen LogP contribution in [0.25, 0.3) is 0 Å². The maximum absolute atomic E-state index is 12.6. The summed E-state index contributed by atoms with van der Waals surface area (Å²) in [6.45, 7) is 3.73. The molecule has 6 heteroatoms. The fourth-order valence-electron chi connectivity index (χ4n) is 2.82. The van der Waals surface area contributed by atoms with E-state index in [1.807, 2.05) is 36.2 Å². The standard InChI is InChI=1S/C17H26N2O3.ClH/c1-18-12-14-4-3-9-19(13-14)17(20)15-5-7-16(8-6-15)22-11-10-21-2;/h5-8,14,18H,3-4,9-13H2,1-2H3;1H. The van der Waals surface area contributed by atoms with Gasteiger partial charge in [-0.3, -0.25) is 4.79 Å². The Hall–Kier alpha value is -1.30. The van der Waals surface area contributed by atoms with Crippen LogP contribution in [0.1, 0.15) is 23.2 Å². The molecule has 1 aliphatic rings. The first-order valence-corrected chi connectivity index (χ1v) is 7.90. The molecule has 2 rings (SSSR count). The van der Waals surface area contributed by atoms with Crippen LogP contribution in [0.4, 0.5) is 0 Å². The van der Waals surface area contributed by atoms with Gasteiger partial charge in [0.15, 0.2) is 0 Å². The number of carbonyl (C=O) groups is 1. The van der Waals surface area contributed by atoms with Crippen molar-refractivity contribution in [3.8, 4) is 5.75 Å². The van der Waals surface area contributed by atoms with Crippen LogP contribution in [-0.2, 0) is 4.74 Å². The summed E-state index contributed by atoms with van der Waals surface area (Å²) in [5.41, 5.74) is 0.726. The van der Waals surface area contributed by atoms with Gasteiger partial charge in [-0.25, -0.2) is 0 Å². The van der Waals surface area contributed by atoms with E-state index in [9.17, 15) is 4.79 Å². The summed E-state index contributed by atoms with van der Waals surface area (Å²) in [4.78, 5) is 14.5. The topological polar surface area (TPSA) is 50.8 Å². The van der Waals surface area contributed by atoms with Crippen LogP contribution in [0.3, 0.4) is 0 Å². The van der Waals surface area contributed by atoms with Crippen molar-refractivity contribution in [3.63, 3.8) is 0 Å². The third-order valence-electron chi connectivity index (χ3n) is 3.96.